The minimum atomic E-state index is -0.470. The van der Waals surface area contributed by atoms with Gasteiger partial charge in [0.05, 0.1) is 12.5 Å². The van der Waals surface area contributed by atoms with Crippen molar-refractivity contribution < 1.29 is 18.7 Å². The SMILES string of the molecule is COc1ccc(C2(C(=O)N3CCC4(CC3)CC(=O)NC[C@@H]4c3cccc(F)c3)CCCC2)cc1. The summed E-state index contributed by atoms with van der Waals surface area (Å²) in [4.78, 5) is 28.4. The number of hydrogen-bond donors (Lipinski definition) is 1. The van der Waals surface area contributed by atoms with Crippen LogP contribution in [0.4, 0.5) is 4.39 Å². The number of halogens is 1. The molecule has 180 valence electrons. The smallest absolute Gasteiger partial charge is 0.233 e. The summed E-state index contributed by atoms with van der Waals surface area (Å²) in [6.07, 6.45) is 5.79. The number of methoxy groups -OCH3 is 1. The zero-order valence-corrected chi connectivity index (χ0v) is 19.8. The highest BCUT2D eigenvalue weighted by Gasteiger charge is 2.50. The zero-order chi connectivity index (χ0) is 23.8. The van der Waals surface area contributed by atoms with Crippen LogP contribution in [0.15, 0.2) is 48.5 Å². The second-order valence-corrected chi connectivity index (χ2v) is 10.3. The van der Waals surface area contributed by atoms with Crippen LogP contribution in [0.1, 0.15) is 62.0 Å². The fraction of sp³-hybridized carbons (Fsp3) is 0.500. The van der Waals surface area contributed by atoms with Crippen molar-refractivity contribution in [3.05, 3.63) is 65.5 Å². The Bertz CT molecular complexity index is 1050. The Balaban J connectivity index is 1.37. The largest absolute Gasteiger partial charge is 0.497 e. The zero-order valence-electron chi connectivity index (χ0n) is 19.8. The number of carbonyl (C=O) groups is 2. The molecule has 0 aromatic heterocycles. The molecule has 1 N–H and O–H groups in total. The Hall–Kier alpha value is -2.89. The molecule has 2 saturated heterocycles. The molecule has 2 aromatic rings. The van der Waals surface area contributed by atoms with Crippen molar-refractivity contribution >= 4 is 11.8 Å². The summed E-state index contributed by atoms with van der Waals surface area (Å²) in [7, 11) is 1.65. The van der Waals surface area contributed by atoms with E-state index in [0.29, 0.717) is 26.1 Å². The average Bonchev–Trinajstić information content (AvgIpc) is 3.35. The van der Waals surface area contributed by atoms with Gasteiger partial charge in [0.25, 0.3) is 0 Å². The van der Waals surface area contributed by atoms with Crippen LogP contribution in [-0.2, 0) is 15.0 Å². The van der Waals surface area contributed by atoms with Crippen LogP contribution in [0.3, 0.4) is 0 Å². The molecular weight excluding hydrogens is 431 g/mol. The highest BCUT2D eigenvalue weighted by molar-refractivity contribution is 5.89. The number of amides is 2. The van der Waals surface area contributed by atoms with Gasteiger partial charge < -0.3 is 15.0 Å². The molecule has 6 heteroatoms. The maximum Gasteiger partial charge on any atom is 0.233 e. The molecule has 1 spiro atoms. The van der Waals surface area contributed by atoms with E-state index in [1.165, 1.54) is 6.07 Å². The van der Waals surface area contributed by atoms with Crippen molar-refractivity contribution in [2.45, 2.75) is 56.3 Å². The first kappa shape index (κ1) is 22.9. The number of benzene rings is 2. The van der Waals surface area contributed by atoms with Gasteiger partial charge in [0.1, 0.15) is 11.6 Å². The molecule has 2 heterocycles. The van der Waals surface area contributed by atoms with Crippen molar-refractivity contribution in [1.29, 1.82) is 0 Å². The number of carbonyl (C=O) groups excluding carboxylic acids is 2. The quantitative estimate of drug-likeness (QED) is 0.722. The molecule has 0 bridgehead atoms. The summed E-state index contributed by atoms with van der Waals surface area (Å²) in [6, 6.07) is 14.7. The summed E-state index contributed by atoms with van der Waals surface area (Å²) in [5, 5.41) is 2.99. The number of rotatable bonds is 4. The third-order valence-electron chi connectivity index (χ3n) is 8.56. The standard InChI is InChI=1S/C28H33FN2O3/c1-34-23-9-7-21(8-10-23)28(11-2-3-12-28)26(33)31-15-13-27(14-16-31)18-25(32)30-19-24(27)20-5-4-6-22(29)17-20/h4-10,17,24H,2-3,11-16,18-19H2,1H3,(H,30,32)/t24-/m1/s1. The van der Waals surface area contributed by atoms with Gasteiger partial charge in [-0.3, -0.25) is 9.59 Å². The normalized spacial score (nSPS) is 23.5. The number of likely N-dealkylation sites (tertiary alicyclic amines) is 1. The van der Waals surface area contributed by atoms with Crippen LogP contribution in [0.5, 0.6) is 5.75 Å². The van der Waals surface area contributed by atoms with Crippen molar-refractivity contribution in [3.8, 4) is 5.75 Å². The molecule has 2 amide bonds. The van der Waals surface area contributed by atoms with Gasteiger partial charge >= 0.3 is 0 Å². The molecular formula is C28H33FN2O3. The van der Waals surface area contributed by atoms with E-state index >= 15 is 0 Å². The highest BCUT2D eigenvalue weighted by atomic mass is 19.1. The molecule has 1 saturated carbocycles. The van der Waals surface area contributed by atoms with Crippen LogP contribution >= 0.6 is 0 Å². The molecule has 3 fully saturated rings. The third-order valence-corrected chi connectivity index (χ3v) is 8.56. The molecule has 0 radical (unpaired) electrons. The molecule has 3 aliphatic rings. The minimum Gasteiger partial charge on any atom is -0.497 e. The van der Waals surface area contributed by atoms with Gasteiger partial charge in [-0.15, -0.1) is 0 Å². The summed E-state index contributed by atoms with van der Waals surface area (Å²) in [5.74, 6) is 0.869. The van der Waals surface area contributed by atoms with Crippen LogP contribution < -0.4 is 10.1 Å². The van der Waals surface area contributed by atoms with E-state index in [1.54, 1.807) is 19.2 Å². The number of nitrogens with zero attached hydrogens (tertiary/aromatic N) is 1. The Labute approximate surface area is 200 Å². The molecule has 5 rings (SSSR count). The second-order valence-electron chi connectivity index (χ2n) is 10.3. The van der Waals surface area contributed by atoms with E-state index in [1.807, 2.05) is 35.2 Å². The Morgan fingerprint density at radius 1 is 1.06 bits per heavy atom. The van der Waals surface area contributed by atoms with Gasteiger partial charge in [-0.05, 0) is 66.5 Å². The van der Waals surface area contributed by atoms with Gasteiger partial charge in [-0.25, -0.2) is 4.39 Å². The lowest BCUT2D eigenvalue weighted by Crippen LogP contribution is -2.55. The Morgan fingerprint density at radius 3 is 2.41 bits per heavy atom. The lowest BCUT2D eigenvalue weighted by molar-refractivity contribution is -0.141. The number of nitrogens with one attached hydrogen (secondary N) is 1. The predicted octanol–water partition coefficient (Wildman–Crippen LogP) is 4.56. The van der Waals surface area contributed by atoms with Crippen LogP contribution in [0.2, 0.25) is 0 Å². The molecule has 0 unspecified atom stereocenters. The highest BCUT2D eigenvalue weighted by Crippen LogP contribution is 2.50. The summed E-state index contributed by atoms with van der Waals surface area (Å²) >= 11 is 0. The van der Waals surface area contributed by atoms with Crippen LogP contribution in [0.25, 0.3) is 0 Å². The fourth-order valence-corrected chi connectivity index (χ4v) is 6.63. The monoisotopic (exact) mass is 464 g/mol. The molecule has 5 nitrogen and oxygen atoms in total. The maximum absolute atomic E-state index is 14.0. The van der Waals surface area contributed by atoms with E-state index in [0.717, 1.165) is 55.4 Å². The first-order chi connectivity index (χ1) is 16.5. The van der Waals surface area contributed by atoms with E-state index in [4.69, 9.17) is 4.74 Å². The van der Waals surface area contributed by atoms with Crippen LogP contribution in [0, 0.1) is 11.2 Å². The van der Waals surface area contributed by atoms with Gasteiger partial charge in [-0.1, -0.05) is 37.1 Å². The number of ether oxygens (including phenoxy) is 1. The summed E-state index contributed by atoms with van der Waals surface area (Å²) in [6.45, 7) is 1.79. The lowest BCUT2D eigenvalue weighted by Gasteiger charge is -2.50. The van der Waals surface area contributed by atoms with Gasteiger partial charge in [0, 0.05) is 32.0 Å². The lowest BCUT2D eigenvalue weighted by atomic mass is 9.62. The fourth-order valence-electron chi connectivity index (χ4n) is 6.63. The second kappa shape index (κ2) is 9.05. The van der Waals surface area contributed by atoms with Crippen molar-refractivity contribution in [1.82, 2.24) is 10.2 Å². The van der Waals surface area contributed by atoms with Gasteiger partial charge in [0.15, 0.2) is 0 Å². The summed E-state index contributed by atoms with van der Waals surface area (Å²) in [5.41, 5.74) is 1.30. The number of piperidine rings is 2. The topological polar surface area (TPSA) is 58.6 Å². The molecule has 34 heavy (non-hydrogen) atoms. The first-order valence-electron chi connectivity index (χ1n) is 12.4. The van der Waals surface area contributed by atoms with Gasteiger partial charge in [0.2, 0.25) is 11.8 Å². The Morgan fingerprint density at radius 2 is 1.76 bits per heavy atom. The van der Waals surface area contributed by atoms with Gasteiger partial charge in [-0.2, -0.15) is 0 Å². The van der Waals surface area contributed by atoms with Crippen molar-refractivity contribution in [2.75, 3.05) is 26.7 Å². The van der Waals surface area contributed by atoms with Crippen LogP contribution in [-0.4, -0.2) is 43.5 Å². The third kappa shape index (κ3) is 3.97. The van der Waals surface area contributed by atoms with Crippen molar-refractivity contribution in [3.63, 3.8) is 0 Å². The predicted molar refractivity (Wildman–Crippen MR) is 128 cm³/mol. The summed E-state index contributed by atoms with van der Waals surface area (Å²) < 4.78 is 19.3. The number of hydrogen-bond acceptors (Lipinski definition) is 3. The Kier molecular flexibility index (Phi) is 6.09. The minimum absolute atomic E-state index is 0.0536. The van der Waals surface area contributed by atoms with Crippen molar-refractivity contribution in [2.24, 2.45) is 5.41 Å². The van der Waals surface area contributed by atoms with E-state index in [-0.39, 0.29) is 29.0 Å². The molecule has 1 atom stereocenters. The van der Waals surface area contributed by atoms with E-state index in [9.17, 15) is 14.0 Å². The van der Waals surface area contributed by atoms with E-state index < -0.39 is 5.41 Å². The molecule has 1 aliphatic carbocycles. The average molecular weight is 465 g/mol. The molecule has 2 aromatic carbocycles. The first-order valence-corrected chi connectivity index (χ1v) is 12.4. The van der Waals surface area contributed by atoms with E-state index in [2.05, 4.69) is 5.32 Å². The maximum atomic E-state index is 14.0. The molecule has 2 aliphatic heterocycles.